The lowest BCUT2D eigenvalue weighted by Crippen LogP contribution is -2.40. The predicted octanol–water partition coefficient (Wildman–Crippen LogP) is 4.07. The minimum absolute atomic E-state index is 0.141. The van der Waals surface area contributed by atoms with Crippen LogP contribution in [0.15, 0.2) is 59.5 Å². The highest BCUT2D eigenvalue weighted by molar-refractivity contribution is 7.89. The van der Waals surface area contributed by atoms with Gasteiger partial charge in [-0.1, -0.05) is 23.7 Å². The highest BCUT2D eigenvalue weighted by Crippen LogP contribution is 2.16. The lowest BCUT2D eigenvalue weighted by Gasteiger charge is -2.20. The van der Waals surface area contributed by atoms with Crippen LogP contribution in [0.5, 0.6) is 0 Å². The number of hydrogen-bond donors (Lipinski definition) is 2. The van der Waals surface area contributed by atoms with E-state index >= 15 is 0 Å². The first-order chi connectivity index (χ1) is 12.0. The summed E-state index contributed by atoms with van der Waals surface area (Å²) in [5, 5.41) is 3.31. The van der Waals surface area contributed by atoms with Crippen LogP contribution < -0.4 is 10.0 Å². The molecular formula is C19H21ClN2O3S. The SMILES string of the molecule is CC(C)(C)NS(=O)(=O)c1ccc(NC(=O)/C=C/c2ccc(Cl)cc2)cc1. The van der Waals surface area contributed by atoms with Crippen LogP contribution in [0.1, 0.15) is 26.3 Å². The number of nitrogens with one attached hydrogen (secondary N) is 2. The van der Waals surface area contributed by atoms with Crippen molar-refractivity contribution < 1.29 is 13.2 Å². The van der Waals surface area contributed by atoms with E-state index in [1.807, 2.05) is 0 Å². The van der Waals surface area contributed by atoms with E-state index in [9.17, 15) is 13.2 Å². The first-order valence-corrected chi connectivity index (χ1v) is 9.80. The van der Waals surface area contributed by atoms with Crippen LogP contribution in [0.2, 0.25) is 5.02 Å². The quantitative estimate of drug-likeness (QED) is 0.753. The van der Waals surface area contributed by atoms with Crippen molar-refractivity contribution in [3.05, 3.63) is 65.2 Å². The molecule has 0 atom stereocenters. The fraction of sp³-hybridized carbons (Fsp3) is 0.211. The highest BCUT2D eigenvalue weighted by Gasteiger charge is 2.21. The topological polar surface area (TPSA) is 75.3 Å². The Bertz CT molecular complexity index is 897. The smallest absolute Gasteiger partial charge is 0.248 e. The molecule has 5 nitrogen and oxygen atoms in total. The molecule has 0 fully saturated rings. The largest absolute Gasteiger partial charge is 0.323 e. The molecule has 2 N–H and O–H groups in total. The minimum Gasteiger partial charge on any atom is -0.323 e. The summed E-state index contributed by atoms with van der Waals surface area (Å²) >= 11 is 5.81. The van der Waals surface area contributed by atoms with Gasteiger partial charge in [-0.05, 0) is 68.8 Å². The van der Waals surface area contributed by atoms with Crippen LogP contribution in [-0.2, 0) is 14.8 Å². The molecule has 0 aliphatic carbocycles. The van der Waals surface area contributed by atoms with Gasteiger partial charge in [0.25, 0.3) is 0 Å². The van der Waals surface area contributed by atoms with Gasteiger partial charge < -0.3 is 5.32 Å². The Morgan fingerprint density at radius 2 is 1.58 bits per heavy atom. The number of amides is 1. The maximum Gasteiger partial charge on any atom is 0.248 e. The zero-order chi connectivity index (χ0) is 19.4. The zero-order valence-corrected chi connectivity index (χ0v) is 16.4. The third-order valence-corrected chi connectivity index (χ3v) is 5.20. The number of carbonyl (C=O) groups excluding carboxylic acids is 1. The van der Waals surface area contributed by atoms with Crippen LogP contribution in [0.3, 0.4) is 0 Å². The Morgan fingerprint density at radius 3 is 2.12 bits per heavy atom. The Kier molecular flexibility index (Phi) is 6.23. The number of anilines is 1. The van der Waals surface area contributed by atoms with Crippen LogP contribution >= 0.6 is 11.6 Å². The van der Waals surface area contributed by atoms with Gasteiger partial charge >= 0.3 is 0 Å². The molecule has 1 amide bonds. The van der Waals surface area contributed by atoms with Gasteiger partial charge in [0.05, 0.1) is 4.90 Å². The van der Waals surface area contributed by atoms with Crippen molar-refractivity contribution in [3.63, 3.8) is 0 Å². The fourth-order valence-corrected chi connectivity index (χ4v) is 3.65. The molecule has 2 aromatic rings. The van der Waals surface area contributed by atoms with E-state index in [0.717, 1.165) is 5.56 Å². The lowest BCUT2D eigenvalue weighted by molar-refractivity contribution is -0.111. The van der Waals surface area contributed by atoms with E-state index in [1.54, 1.807) is 63.2 Å². The lowest BCUT2D eigenvalue weighted by atomic mass is 10.1. The van der Waals surface area contributed by atoms with Crippen molar-refractivity contribution in [2.45, 2.75) is 31.2 Å². The van der Waals surface area contributed by atoms with Crippen LogP contribution in [0.25, 0.3) is 6.08 Å². The molecule has 26 heavy (non-hydrogen) atoms. The molecule has 0 unspecified atom stereocenters. The first kappa shape index (κ1) is 20.2. The molecule has 138 valence electrons. The molecule has 0 heterocycles. The highest BCUT2D eigenvalue weighted by atomic mass is 35.5. The second-order valence-corrected chi connectivity index (χ2v) is 8.87. The number of benzene rings is 2. The molecule has 0 spiro atoms. The van der Waals surface area contributed by atoms with Crippen molar-refractivity contribution in [3.8, 4) is 0 Å². The Labute approximate surface area is 159 Å². The maximum absolute atomic E-state index is 12.2. The second kappa shape index (κ2) is 8.03. The van der Waals surface area contributed by atoms with Gasteiger partial charge in [-0.3, -0.25) is 4.79 Å². The number of rotatable bonds is 5. The summed E-state index contributed by atoms with van der Waals surface area (Å²) in [6.07, 6.45) is 3.06. The van der Waals surface area contributed by atoms with Gasteiger partial charge in [0, 0.05) is 22.3 Å². The summed E-state index contributed by atoms with van der Waals surface area (Å²) in [7, 11) is -3.60. The van der Waals surface area contributed by atoms with Gasteiger partial charge in [-0.15, -0.1) is 0 Å². The minimum atomic E-state index is -3.60. The number of sulfonamides is 1. The fourth-order valence-electron chi connectivity index (χ4n) is 2.11. The summed E-state index contributed by atoms with van der Waals surface area (Å²) in [6.45, 7) is 5.31. The van der Waals surface area contributed by atoms with Gasteiger partial charge in [0.15, 0.2) is 0 Å². The molecule has 2 aromatic carbocycles. The van der Waals surface area contributed by atoms with E-state index in [4.69, 9.17) is 11.6 Å². The Hall–Kier alpha value is -2.15. The summed E-state index contributed by atoms with van der Waals surface area (Å²) in [5.41, 5.74) is 0.780. The molecule has 0 saturated heterocycles. The van der Waals surface area contributed by atoms with Gasteiger partial charge in [-0.2, -0.15) is 0 Å². The maximum atomic E-state index is 12.2. The molecule has 2 rings (SSSR count). The van der Waals surface area contributed by atoms with E-state index in [2.05, 4.69) is 10.0 Å². The van der Waals surface area contributed by atoms with E-state index in [-0.39, 0.29) is 10.8 Å². The van der Waals surface area contributed by atoms with E-state index in [1.165, 1.54) is 18.2 Å². The molecule has 7 heteroatoms. The van der Waals surface area contributed by atoms with Crippen molar-refractivity contribution in [1.29, 1.82) is 0 Å². The standard InChI is InChI=1S/C19H21ClN2O3S/c1-19(2,3)22-26(24,25)17-11-9-16(10-12-17)21-18(23)13-6-14-4-7-15(20)8-5-14/h4-13,22H,1-3H3,(H,21,23)/b13-6+. The average Bonchev–Trinajstić information content (AvgIpc) is 2.52. The summed E-state index contributed by atoms with van der Waals surface area (Å²) < 4.78 is 27.1. The summed E-state index contributed by atoms with van der Waals surface area (Å²) in [4.78, 5) is 12.1. The Balaban J connectivity index is 2.02. The zero-order valence-electron chi connectivity index (χ0n) is 14.8. The summed E-state index contributed by atoms with van der Waals surface area (Å²) in [5.74, 6) is -0.316. The Morgan fingerprint density at radius 1 is 1.00 bits per heavy atom. The van der Waals surface area contributed by atoms with Crippen molar-refractivity contribution in [1.82, 2.24) is 4.72 Å². The third kappa shape index (κ3) is 6.29. The molecule has 0 aliphatic heterocycles. The molecule has 0 bridgehead atoms. The molecule has 0 aliphatic rings. The third-order valence-electron chi connectivity index (χ3n) is 3.17. The monoisotopic (exact) mass is 392 g/mol. The van der Waals surface area contributed by atoms with Crippen LogP contribution in [0.4, 0.5) is 5.69 Å². The molecular weight excluding hydrogens is 372 g/mol. The summed E-state index contributed by atoms with van der Waals surface area (Å²) in [6, 6.07) is 13.1. The normalized spacial score (nSPS) is 12.3. The first-order valence-electron chi connectivity index (χ1n) is 7.94. The average molecular weight is 393 g/mol. The van der Waals surface area contributed by atoms with Gasteiger partial charge in [0.1, 0.15) is 0 Å². The number of carbonyl (C=O) groups is 1. The van der Waals surface area contributed by atoms with Crippen LogP contribution in [0, 0.1) is 0 Å². The molecule has 0 saturated carbocycles. The van der Waals surface area contributed by atoms with Crippen molar-refractivity contribution >= 4 is 39.3 Å². The van der Waals surface area contributed by atoms with Crippen LogP contribution in [-0.4, -0.2) is 19.9 Å². The molecule has 0 radical (unpaired) electrons. The van der Waals surface area contributed by atoms with Gasteiger partial charge in [0.2, 0.25) is 15.9 Å². The van der Waals surface area contributed by atoms with E-state index in [0.29, 0.717) is 10.7 Å². The van der Waals surface area contributed by atoms with Gasteiger partial charge in [-0.25, -0.2) is 13.1 Å². The van der Waals surface area contributed by atoms with E-state index < -0.39 is 15.6 Å². The number of halogens is 1. The van der Waals surface area contributed by atoms with Crippen molar-refractivity contribution in [2.75, 3.05) is 5.32 Å². The molecule has 0 aromatic heterocycles. The predicted molar refractivity (Wildman–Crippen MR) is 106 cm³/mol. The van der Waals surface area contributed by atoms with Crippen molar-refractivity contribution in [2.24, 2.45) is 0 Å². The number of hydrogen-bond acceptors (Lipinski definition) is 3. The second-order valence-electron chi connectivity index (χ2n) is 6.75.